The summed E-state index contributed by atoms with van der Waals surface area (Å²) in [4.78, 5) is 16.5. The van der Waals surface area contributed by atoms with Gasteiger partial charge in [0, 0.05) is 25.2 Å². The number of rotatable bonds is 6. The number of halogens is 1. The number of carbonyl (C=O) groups is 1. The van der Waals surface area contributed by atoms with Gasteiger partial charge in [-0.15, -0.1) is 12.4 Å². The number of nitrogens with zero attached hydrogens (tertiary/aromatic N) is 2. The lowest BCUT2D eigenvalue weighted by Crippen LogP contribution is -2.48. The second kappa shape index (κ2) is 8.47. The van der Waals surface area contributed by atoms with Gasteiger partial charge in [-0.2, -0.15) is 0 Å². The van der Waals surface area contributed by atoms with Gasteiger partial charge in [0.15, 0.2) is 9.84 Å². The van der Waals surface area contributed by atoms with E-state index in [1.807, 2.05) is 14.0 Å². The molecule has 0 bridgehead atoms. The maximum atomic E-state index is 12.5. The van der Waals surface area contributed by atoms with Crippen molar-refractivity contribution in [3.63, 3.8) is 0 Å². The Morgan fingerprint density at radius 1 is 1.36 bits per heavy atom. The van der Waals surface area contributed by atoms with Crippen molar-refractivity contribution in [2.75, 3.05) is 44.7 Å². The van der Waals surface area contributed by atoms with E-state index in [-0.39, 0.29) is 35.9 Å². The number of amides is 1. The Kier molecular flexibility index (Phi) is 7.58. The largest absolute Gasteiger partial charge is 0.338 e. The molecule has 2 aliphatic rings. The lowest BCUT2D eigenvalue weighted by Gasteiger charge is -2.31. The number of carbonyl (C=O) groups excluding carboxylic acids is 1. The average Bonchev–Trinajstić information content (AvgIpc) is 2.98. The summed E-state index contributed by atoms with van der Waals surface area (Å²) in [6, 6.07) is 0.294. The van der Waals surface area contributed by atoms with Crippen molar-refractivity contribution in [1.29, 1.82) is 0 Å². The summed E-state index contributed by atoms with van der Waals surface area (Å²) in [5, 5.41) is 3.18. The van der Waals surface area contributed by atoms with E-state index in [0.29, 0.717) is 25.6 Å². The number of nitrogens with one attached hydrogen (secondary N) is 1. The van der Waals surface area contributed by atoms with Crippen LogP contribution in [0, 0.1) is 0 Å². The van der Waals surface area contributed by atoms with Crippen LogP contribution < -0.4 is 5.32 Å². The van der Waals surface area contributed by atoms with Gasteiger partial charge in [-0.3, -0.25) is 9.69 Å². The number of likely N-dealkylation sites (N-methyl/N-ethyl adjacent to an activating group) is 2. The van der Waals surface area contributed by atoms with Crippen molar-refractivity contribution >= 4 is 28.2 Å². The molecule has 130 valence electrons. The Bertz CT molecular complexity index is 472. The molecule has 1 N–H and O–H groups in total. The first-order valence-corrected chi connectivity index (χ1v) is 9.67. The van der Waals surface area contributed by atoms with E-state index in [1.165, 1.54) is 0 Å². The van der Waals surface area contributed by atoms with Crippen molar-refractivity contribution in [2.24, 2.45) is 0 Å². The summed E-state index contributed by atoms with van der Waals surface area (Å²) in [6.07, 6.45) is 2.84. The van der Waals surface area contributed by atoms with Gasteiger partial charge in [0.25, 0.3) is 0 Å². The number of sulfone groups is 1. The molecule has 2 fully saturated rings. The predicted octanol–water partition coefficient (Wildman–Crippen LogP) is 0.128. The highest BCUT2D eigenvalue weighted by Crippen LogP contribution is 2.20. The SMILES string of the molecule is CCN(C(=O)CN1CCCC1CNC)C1CCS(=O)(=O)C1.Cl. The highest BCUT2D eigenvalue weighted by molar-refractivity contribution is 7.91. The van der Waals surface area contributed by atoms with Crippen LogP contribution in [0.25, 0.3) is 0 Å². The minimum Gasteiger partial charge on any atom is -0.338 e. The maximum Gasteiger partial charge on any atom is 0.237 e. The van der Waals surface area contributed by atoms with Crippen molar-refractivity contribution in [3.8, 4) is 0 Å². The van der Waals surface area contributed by atoms with E-state index >= 15 is 0 Å². The zero-order chi connectivity index (χ0) is 15.5. The molecule has 2 rings (SSSR count). The molecule has 0 saturated carbocycles. The van der Waals surface area contributed by atoms with Crippen LogP contribution in [0.2, 0.25) is 0 Å². The van der Waals surface area contributed by atoms with Crippen LogP contribution in [0.1, 0.15) is 26.2 Å². The van der Waals surface area contributed by atoms with Crippen LogP contribution >= 0.6 is 12.4 Å². The maximum absolute atomic E-state index is 12.5. The molecule has 0 spiro atoms. The fourth-order valence-electron chi connectivity index (χ4n) is 3.49. The second-order valence-electron chi connectivity index (χ2n) is 6.06. The minimum atomic E-state index is -2.95. The van der Waals surface area contributed by atoms with E-state index in [4.69, 9.17) is 0 Å². The van der Waals surface area contributed by atoms with Crippen LogP contribution in [0.4, 0.5) is 0 Å². The smallest absolute Gasteiger partial charge is 0.237 e. The first-order valence-electron chi connectivity index (χ1n) is 7.85. The van der Waals surface area contributed by atoms with Gasteiger partial charge in [0.1, 0.15) is 0 Å². The lowest BCUT2D eigenvalue weighted by atomic mass is 10.2. The van der Waals surface area contributed by atoms with E-state index in [1.54, 1.807) is 4.90 Å². The van der Waals surface area contributed by atoms with Gasteiger partial charge < -0.3 is 10.2 Å². The first kappa shape index (κ1) is 19.7. The molecule has 2 atom stereocenters. The molecule has 6 nitrogen and oxygen atoms in total. The predicted molar refractivity (Wildman–Crippen MR) is 90.2 cm³/mol. The molecule has 8 heteroatoms. The lowest BCUT2D eigenvalue weighted by molar-refractivity contribution is -0.134. The molecule has 0 aromatic rings. The molecule has 0 radical (unpaired) electrons. The van der Waals surface area contributed by atoms with E-state index in [9.17, 15) is 13.2 Å². The van der Waals surface area contributed by atoms with Crippen molar-refractivity contribution < 1.29 is 13.2 Å². The topological polar surface area (TPSA) is 69.7 Å². The van der Waals surface area contributed by atoms with Crippen LogP contribution in [0.3, 0.4) is 0 Å². The molecule has 0 aliphatic carbocycles. The van der Waals surface area contributed by atoms with Crippen molar-refractivity contribution in [1.82, 2.24) is 15.1 Å². The second-order valence-corrected chi connectivity index (χ2v) is 8.29. The van der Waals surface area contributed by atoms with Gasteiger partial charge in [0.05, 0.1) is 18.1 Å². The van der Waals surface area contributed by atoms with Gasteiger partial charge in [-0.1, -0.05) is 0 Å². The van der Waals surface area contributed by atoms with Crippen LogP contribution in [-0.4, -0.2) is 80.9 Å². The van der Waals surface area contributed by atoms with E-state index in [0.717, 1.165) is 25.9 Å². The third-order valence-electron chi connectivity index (χ3n) is 4.59. The Labute approximate surface area is 139 Å². The van der Waals surface area contributed by atoms with Crippen molar-refractivity contribution in [3.05, 3.63) is 0 Å². The molecule has 2 saturated heterocycles. The van der Waals surface area contributed by atoms with Gasteiger partial charge >= 0.3 is 0 Å². The number of hydrogen-bond acceptors (Lipinski definition) is 5. The normalized spacial score (nSPS) is 27.5. The molecule has 2 unspecified atom stereocenters. The summed E-state index contributed by atoms with van der Waals surface area (Å²) in [5.74, 6) is 0.419. The monoisotopic (exact) mass is 353 g/mol. The molecular formula is C14H28ClN3O3S. The summed E-state index contributed by atoms with van der Waals surface area (Å²) >= 11 is 0. The van der Waals surface area contributed by atoms with Crippen LogP contribution in [-0.2, 0) is 14.6 Å². The molecule has 2 heterocycles. The van der Waals surface area contributed by atoms with Crippen LogP contribution in [0.15, 0.2) is 0 Å². The van der Waals surface area contributed by atoms with Crippen LogP contribution in [0.5, 0.6) is 0 Å². The number of hydrogen-bond donors (Lipinski definition) is 1. The zero-order valence-corrected chi connectivity index (χ0v) is 15.1. The summed E-state index contributed by atoms with van der Waals surface area (Å²) < 4.78 is 23.2. The van der Waals surface area contributed by atoms with Crippen molar-refractivity contribution in [2.45, 2.75) is 38.3 Å². The fraction of sp³-hybridized carbons (Fsp3) is 0.929. The molecule has 2 aliphatic heterocycles. The quantitative estimate of drug-likeness (QED) is 0.735. The Morgan fingerprint density at radius 2 is 2.09 bits per heavy atom. The standard InChI is InChI=1S/C14H27N3O3S.ClH/c1-3-17(13-6-8-21(19,20)11-13)14(18)10-16-7-4-5-12(16)9-15-2;/h12-13,15H,3-11H2,1-2H3;1H. The molecule has 1 amide bonds. The molecular weight excluding hydrogens is 326 g/mol. The molecule has 22 heavy (non-hydrogen) atoms. The molecule has 0 aromatic heterocycles. The number of likely N-dealkylation sites (tertiary alicyclic amines) is 1. The van der Waals surface area contributed by atoms with E-state index < -0.39 is 9.84 Å². The zero-order valence-electron chi connectivity index (χ0n) is 13.5. The van der Waals surface area contributed by atoms with Gasteiger partial charge in [0.2, 0.25) is 5.91 Å². The van der Waals surface area contributed by atoms with Gasteiger partial charge in [-0.25, -0.2) is 8.42 Å². The highest BCUT2D eigenvalue weighted by atomic mass is 35.5. The Balaban J connectivity index is 0.00000242. The average molecular weight is 354 g/mol. The Morgan fingerprint density at radius 3 is 2.64 bits per heavy atom. The highest BCUT2D eigenvalue weighted by Gasteiger charge is 2.35. The van der Waals surface area contributed by atoms with E-state index in [2.05, 4.69) is 10.2 Å². The third kappa shape index (κ3) is 4.81. The Hall–Kier alpha value is -0.370. The summed E-state index contributed by atoms with van der Waals surface area (Å²) in [5.41, 5.74) is 0. The minimum absolute atomic E-state index is 0. The summed E-state index contributed by atoms with van der Waals surface area (Å²) in [6.45, 7) is 4.79. The fourth-order valence-corrected chi connectivity index (χ4v) is 5.22. The summed E-state index contributed by atoms with van der Waals surface area (Å²) in [7, 11) is -1.02. The third-order valence-corrected chi connectivity index (χ3v) is 6.34. The molecule has 0 aromatic carbocycles. The van der Waals surface area contributed by atoms with Gasteiger partial charge in [-0.05, 0) is 39.8 Å². The first-order chi connectivity index (χ1) is 9.96.